The van der Waals surface area contributed by atoms with Gasteiger partial charge in [0.1, 0.15) is 6.61 Å². The van der Waals surface area contributed by atoms with Crippen molar-refractivity contribution in [3.05, 3.63) is 64.7 Å². The molecule has 2 amide bonds. The summed E-state index contributed by atoms with van der Waals surface area (Å²) in [4.78, 5) is 29.1. The van der Waals surface area contributed by atoms with E-state index in [1.807, 2.05) is 49.1 Å². The van der Waals surface area contributed by atoms with Crippen LogP contribution in [0.5, 0.6) is 0 Å². The van der Waals surface area contributed by atoms with Gasteiger partial charge in [0.05, 0.1) is 12.2 Å². The smallest absolute Gasteiger partial charge is 0.268 e. The highest BCUT2D eigenvalue weighted by Crippen LogP contribution is 2.54. The summed E-state index contributed by atoms with van der Waals surface area (Å²) in [5, 5.41) is 0. The van der Waals surface area contributed by atoms with Crippen molar-refractivity contribution in [1.29, 1.82) is 0 Å². The number of carbonyl (C=O) groups is 2. The molecule has 0 N–H and O–H groups in total. The van der Waals surface area contributed by atoms with Crippen molar-refractivity contribution in [3.63, 3.8) is 0 Å². The molecule has 146 valence electrons. The average molecular weight is 397 g/mol. The summed E-state index contributed by atoms with van der Waals surface area (Å²) in [5.41, 5.74) is 5.12. The van der Waals surface area contributed by atoms with Crippen molar-refractivity contribution in [2.45, 2.75) is 25.3 Å². The molecule has 0 aromatic heterocycles. The van der Waals surface area contributed by atoms with Gasteiger partial charge < -0.3 is 14.5 Å². The number of nitrogens with zero attached hydrogens (tertiary/aromatic N) is 2. The summed E-state index contributed by atoms with van der Waals surface area (Å²) >= 11 is 1.55. The lowest BCUT2D eigenvalue weighted by Gasteiger charge is -2.33. The van der Waals surface area contributed by atoms with Gasteiger partial charge in [-0.05, 0) is 25.5 Å². The van der Waals surface area contributed by atoms with Crippen LogP contribution < -0.4 is 4.90 Å². The van der Waals surface area contributed by atoms with E-state index >= 15 is 0 Å². The number of fused-ring (bicyclic) bond motifs is 2. The maximum absolute atomic E-state index is 13.8. The lowest BCUT2D eigenvalue weighted by molar-refractivity contribution is -0.143. The molecule has 2 aliphatic heterocycles. The quantitative estimate of drug-likeness (QED) is 0.796. The summed E-state index contributed by atoms with van der Waals surface area (Å²) in [5.74, 6) is 0.541. The molecule has 2 heterocycles. The Hall–Kier alpha value is -2.31. The summed E-state index contributed by atoms with van der Waals surface area (Å²) in [6, 6.07) is 14.3. The number of benzene rings is 2. The minimum Gasteiger partial charge on any atom is -0.375 e. The lowest BCUT2D eigenvalue weighted by atomic mass is 10.0. The first-order valence-corrected chi connectivity index (χ1v) is 10.4. The summed E-state index contributed by atoms with van der Waals surface area (Å²) in [6.07, 6.45) is 0. The SMILES string of the molecule is COCC(=O)N1CCS[C@]12C(=O)N(Cc1cccc(C)c1)c1ccc(C)cc12. The Balaban J connectivity index is 1.80. The van der Waals surface area contributed by atoms with E-state index < -0.39 is 4.87 Å². The third-order valence-corrected chi connectivity index (χ3v) is 6.76. The Morgan fingerprint density at radius 3 is 2.71 bits per heavy atom. The van der Waals surface area contributed by atoms with E-state index in [9.17, 15) is 9.59 Å². The Kier molecular flexibility index (Phi) is 4.93. The number of anilines is 1. The monoisotopic (exact) mass is 396 g/mol. The maximum atomic E-state index is 13.8. The largest absolute Gasteiger partial charge is 0.375 e. The second kappa shape index (κ2) is 7.26. The van der Waals surface area contributed by atoms with Gasteiger partial charge in [-0.2, -0.15) is 0 Å². The molecule has 5 nitrogen and oxygen atoms in total. The van der Waals surface area contributed by atoms with Gasteiger partial charge in [0.15, 0.2) is 4.87 Å². The molecular formula is C22H24N2O3S. The molecule has 2 aromatic carbocycles. The van der Waals surface area contributed by atoms with E-state index in [1.165, 1.54) is 7.11 Å². The Bertz CT molecular complexity index is 945. The van der Waals surface area contributed by atoms with Crippen LogP contribution in [0.25, 0.3) is 0 Å². The minimum absolute atomic E-state index is 0.0192. The van der Waals surface area contributed by atoms with Gasteiger partial charge in [-0.3, -0.25) is 9.59 Å². The van der Waals surface area contributed by atoms with Crippen LogP contribution in [0.3, 0.4) is 0 Å². The molecule has 1 atom stereocenters. The number of methoxy groups -OCH3 is 1. The van der Waals surface area contributed by atoms with Crippen LogP contribution in [0.2, 0.25) is 0 Å². The molecule has 6 heteroatoms. The van der Waals surface area contributed by atoms with Crippen molar-refractivity contribution >= 4 is 29.3 Å². The fourth-order valence-electron chi connectivity index (χ4n) is 4.14. The number of thioether (sulfide) groups is 1. The normalized spacial score (nSPS) is 20.9. The zero-order valence-corrected chi connectivity index (χ0v) is 17.2. The standard InChI is InChI=1S/C22H24N2O3S/c1-15-5-4-6-17(11-15)13-23-19-8-7-16(2)12-18(19)22(21(23)26)24(9-10-28-22)20(25)14-27-3/h4-8,11-12H,9-10,13-14H2,1-3H3/t22-/m1/s1. The highest BCUT2D eigenvalue weighted by Gasteiger charge is 2.59. The Labute approximate surface area is 169 Å². The van der Waals surface area contributed by atoms with Gasteiger partial charge >= 0.3 is 0 Å². The van der Waals surface area contributed by atoms with Crippen molar-refractivity contribution in [2.75, 3.05) is 30.9 Å². The van der Waals surface area contributed by atoms with Crippen molar-refractivity contribution in [2.24, 2.45) is 0 Å². The molecule has 0 saturated carbocycles. The van der Waals surface area contributed by atoms with Crippen molar-refractivity contribution in [3.8, 4) is 0 Å². The van der Waals surface area contributed by atoms with Crippen LogP contribution in [-0.4, -0.2) is 42.7 Å². The van der Waals surface area contributed by atoms with E-state index in [2.05, 4.69) is 12.1 Å². The molecule has 1 spiro atoms. The molecule has 0 bridgehead atoms. The van der Waals surface area contributed by atoms with E-state index in [4.69, 9.17) is 4.74 Å². The molecule has 4 rings (SSSR count). The van der Waals surface area contributed by atoms with Crippen LogP contribution in [0.15, 0.2) is 42.5 Å². The summed E-state index contributed by atoms with van der Waals surface area (Å²) < 4.78 is 5.08. The van der Waals surface area contributed by atoms with E-state index in [0.29, 0.717) is 13.1 Å². The number of rotatable bonds is 4. The highest BCUT2D eigenvalue weighted by molar-refractivity contribution is 8.01. The fourth-order valence-corrected chi connectivity index (χ4v) is 5.61. The van der Waals surface area contributed by atoms with Crippen LogP contribution in [0.4, 0.5) is 5.69 Å². The number of amides is 2. The first-order chi connectivity index (χ1) is 13.5. The van der Waals surface area contributed by atoms with Crippen molar-refractivity contribution in [1.82, 2.24) is 4.90 Å². The van der Waals surface area contributed by atoms with Gasteiger partial charge in [-0.15, -0.1) is 11.8 Å². The predicted octanol–water partition coefficient (Wildman–Crippen LogP) is 3.22. The average Bonchev–Trinajstić information content (AvgIpc) is 3.20. The maximum Gasteiger partial charge on any atom is 0.268 e. The van der Waals surface area contributed by atoms with Crippen LogP contribution in [0, 0.1) is 13.8 Å². The van der Waals surface area contributed by atoms with Gasteiger partial charge in [-0.1, -0.05) is 47.5 Å². The molecule has 0 unspecified atom stereocenters. The topological polar surface area (TPSA) is 49.9 Å². The van der Waals surface area contributed by atoms with Crippen LogP contribution in [-0.2, 0) is 25.7 Å². The zero-order chi connectivity index (χ0) is 19.9. The van der Waals surface area contributed by atoms with Crippen LogP contribution in [0.1, 0.15) is 22.3 Å². The third-order valence-electron chi connectivity index (χ3n) is 5.34. The predicted molar refractivity (Wildman–Crippen MR) is 111 cm³/mol. The lowest BCUT2D eigenvalue weighted by Crippen LogP contribution is -2.51. The molecule has 28 heavy (non-hydrogen) atoms. The highest BCUT2D eigenvalue weighted by atomic mass is 32.2. The first-order valence-electron chi connectivity index (χ1n) is 9.39. The van der Waals surface area contributed by atoms with E-state index in [0.717, 1.165) is 33.7 Å². The molecule has 1 saturated heterocycles. The van der Waals surface area contributed by atoms with Gasteiger partial charge in [0.25, 0.3) is 5.91 Å². The number of ether oxygens (including phenoxy) is 1. The molecule has 2 aromatic rings. The molecule has 0 aliphatic carbocycles. The molecular weight excluding hydrogens is 372 g/mol. The number of aryl methyl sites for hydroxylation is 2. The fraction of sp³-hybridized carbons (Fsp3) is 0.364. The van der Waals surface area contributed by atoms with Crippen LogP contribution >= 0.6 is 11.8 Å². The number of carbonyl (C=O) groups excluding carboxylic acids is 2. The molecule has 2 aliphatic rings. The number of hydrogen-bond donors (Lipinski definition) is 0. The van der Waals surface area contributed by atoms with E-state index in [1.54, 1.807) is 16.7 Å². The first kappa shape index (κ1) is 19.0. The second-order valence-corrected chi connectivity index (χ2v) is 8.66. The third kappa shape index (κ3) is 2.91. The number of hydrogen-bond acceptors (Lipinski definition) is 4. The van der Waals surface area contributed by atoms with Gasteiger partial charge in [0.2, 0.25) is 5.91 Å². The Morgan fingerprint density at radius 2 is 1.96 bits per heavy atom. The molecule has 0 radical (unpaired) electrons. The summed E-state index contributed by atoms with van der Waals surface area (Å²) in [7, 11) is 1.51. The second-order valence-electron chi connectivity index (χ2n) is 7.37. The minimum atomic E-state index is -0.985. The van der Waals surface area contributed by atoms with Crippen molar-refractivity contribution < 1.29 is 14.3 Å². The van der Waals surface area contributed by atoms with Gasteiger partial charge in [0, 0.05) is 25.0 Å². The summed E-state index contributed by atoms with van der Waals surface area (Å²) in [6.45, 7) is 5.08. The van der Waals surface area contributed by atoms with Gasteiger partial charge in [-0.25, -0.2) is 0 Å². The Morgan fingerprint density at radius 1 is 1.18 bits per heavy atom. The van der Waals surface area contributed by atoms with E-state index in [-0.39, 0.29) is 18.4 Å². The molecule has 1 fully saturated rings. The zero-order valence-electron chi connectivity index (χ0n) is 16.4.